The molecule has 1 heterocycles. The third kappa shape index (κ3) is 4.41. The first-order valence-electron chi connectivity index (χ1n) is 8.49. The number of thiazole rings is 1. The van der Waals surface area contributed by atoms with Gasteiger partial charge in [0.05, 0.1) is 12.2 Å². The van der Waals surface area contributed by atoms with Crippen LogP contribution in [0.4, 0.5) is 0 Å². The molecule has 3 nitrogen and oxygen atoms in total. The summed E-state index contributed by atoms with van der Waals surface area (Å²) in [6.45, 7) is 2.62. The molecule has 3 rings (SSSR count). The predicted molar refractivity (Wildman–Crippen MR) is 94.5 cm³/mol. The van der Waals surface area contributed by atoms with Crippen LogP contribution in [0.15, 0.2) is 30.3 Å². The number of nitrogens with zero attached hydrogens (tertiary/aromatic N) is 1. The molecule has 1 aliphatic rings. The standard InChI is InChI=1S/C19H24N2OS/c1-14-17(12-15-8-4-2-5-9-15)23-18(21-14)13-20-19(22)16-10-6-3-7-11-16/h2,4-5,8-9,16H,3,6-7,10-13H2,1H3,(H,20,22). The smallest absolute Gasteiger partial charge is 0.223 e. The number of hydrogen-bond acceptors (Lipinski definition) is 3. The molecule has 0 spiro atoms. The lowest BCUT2D eigenvalue weighted by Crippen LogP contribution is -2.31. The van der Waals surface area contributed by atoms with Crippen molar-refractivity contribution < 1.29 is 4.79 Å². The highest BCUT2D eigenvalue weighted by atomic mass is 32.1. The van der Waals surface area contributed by atoms with Crippen molar-refractivity contribution in [2.45, 2.75) is 52.0 Å². The fourth-order valence-corrected chi connectivity index (χ4v) is 4.22. The van der Waals surface area contributed by atoms with Gasteiger partial charge in [0.25, 0.3) is 0 Å². The maximum absolute atomic E-state index is 12.2. The Balaban J connectivity index is 1.56. The first kappa shape index (κ1) is 16.2. The van der Waals surface area contributed by atoms with E-state index in [1.54, 1.807) is 11.3 Å². The van der Waals surface area contributed by atoms with Crippen LogP contribution < -0.4 is 5.32 Å². The summed E-state index contributed by atoms with van der Waals surface area (Å²) in [5, 5.41) is 4.09. The van der Waals surface area contributed by atoms with Crippen LogP contribution in [0.2, 0.25) is 0 Å². The third-order valence-corrected chi connectivity index (χ3v) is 5.69. The van der Waals surface area contributed by atoms with E-state index in [2.05, 4.69) is 41.5 Å². The van der Waals surface area contributed by atoms with Crippen molar-refractivity contribution in [3.63, 3.8) is 0 Å². The van der Waals surface area contributed by atoms with Gasteiger partial charge in [-0.15, -0.1) is 11.3 Å². The predicted octanol–water partition coefficient (Wildman–Crippen LogP) is 4.24. The van der Waals surface area contributed by atoms with Crippen molar-refractivity contribution in [2.75, 3.05) is 0 Å². The van der Waals surface area contributed by atoms with Gasteiger partial charge < -0.3 is 5.32 Å². The monoisotopic (exact) mass is 328 g/mol. The minimum atomic E-state index is 0.210. The summed E-state index contributed by atoms with van der Waals surface area (Å²) in [6.07, 6.45) is 6.66. The molecule has 1 aromatic carbocycles. The summed E-state index contributed by atoms with van der Waals surface area (Å²) in [6, 6.07) is 10.5. The maximum Gasteiger partial charge on any atom is 0.223 e. The molecular formula is C19H24N2OS. The van der Waals surface area contributed by atoms with Crippen molar-refractivity contribution in [2.24, 2.45) is 5.92 Å². The van der Waals surface area contributed by atoms with Crippen molar-refractivity contribution >= 4 is 17.2 Å². The van der Waals surface area contributed by atoms with Crippen LogP contribution in [-0.2, 0) is 17.8 Å². The van der Waals surface area contributed by atoms with Gasteiger partial charge in [-0.05, 0) is 25.3 Å². The number of nitrogens with one attached hydrogen (secondary N) is 1. The van der Waals surface area contributed by atoms with Crippen molar-refractivity contribution in [3.8, 4) is 0 Å². The summed E-state index contributed by atoms with van der Waals surface area (Å²) in [4.78, 5) is 18.1. The van der Waals surface area contributed by atoms with Gasteiger partial charge in [0.2, 0.25) is 5.91 Å². The molecule has 0 aliphatic heterocycles. The molecule has 23 heavy (non-hydrogen) atoms. The van der Waals surface area contributed by atoms with E-state index in [-0.39, 0.29) is 11.8 Å². The van der Waals surface area contributed by atoms with Gasteiger partial charge in [0.15, 0.2) is 0 Å². The van der Waals surface area contributed by atoms with Crippen LogP contribution in [0, 0.1) is 12.8 Å². The minimum absolute atomic E-state index is 0.210. The second-order valence-electron chi connectivity index (χ2n) is 6.33. The van der Waals surface area contributed by atoms with E-state index in [9.17, 15) is 4.79 Å². The molecule has 4 heteroatoms. The molecule has 0 atom stereocenters. The molecule has 0 bridgehead atoms. The molecule has 0 radical (unpaired) electrons. The van der Waals surface area contributed by atoms with E-state index >= 15 is 0 Å². The summed E-state index contributed by atoms with van der Waals surface area (Å²) in [7, 11) is 0. The Hall–Kier alpha value is -1.68. The summed E-state index contributed by atoms with van der Waals surface area (Å²) >= 11 is 1.72. The third-order valence-electron chi connectivity index (χ3n) is 4.53. The van der Waals surface area contributed by atoms with Crippen molar-refractivity contribution in [1.29, 1.82) is 0 Å². The zero-order valence-corrected chi connectivity index (χ0v) is 14.5. The van der Waals surface area contributed by atoms with Gasteiger partial charge in [-0.1, -0.05) is 49.6 Å². The highest BCUT2D eigenvalue weighted by Crippen LogP contribution is 2.24. The number of amides is 1. The molecule has 1 N–H and O–H groups in total. The van der Waals surface area contributed by atoms with Crippen molar-refractivity contribution in [1.82, 2.24) is 10.3 Å². The highest BCUT2D eigenvalue weighted by Gasteiger charge is 2.21. The van der Waals surface area contributed by atoms with Crippen LogP contribution in [0.1, 0.15) is 53.2 Å². The Labute approximate surface area is 142 Å². The normalized spacial score (nSPS) is 15.5. The molecule has 2 aromatic rings. The molecule has 1 amide bonds. The number of benzene rings is 1. The van der Waals surface area contributed by atoms with E-state index in [4.69, 9.17) is 0 Å². The molecule has 1 saturated carbocycles. The van der Waals surface area contributed by atoms with Crippen molar-refractivity contribution in [3.05, 3.63) is 51.5 Å². The minimum Gasteiger partial charge on any atom is -0.349 e. The summed E-state index contributed by atoms with van der Waals surface area (Å²) < 4.78 is 0. The average Bonchev–Trinajstić information content (AvgIpc) is 2.94. The zero-order valence-electron chi connectivity index (χ0n) is 13.7. The number of carbonyl (C=O) groups is 1. The Bertz CT molecular complexity index is 645. The SMILES string of the molecule is Cc1nc(CNC(=O)C2CCCCC2)sc1Cc1ccccc1. The number of carbonyl (C=O) groups excluding carboxylic acids is 1. The van der Waals surface area contributed by atoms with Gasteiger partial charge in [0.1, 0.15) is 5.01 Å². The molecule has 122 valence electrons. The zero-order chi connectivity index (χ0) is 16.1. The second kappa shape index (κ2) is 7.73. The largest absolute Gasteiger partial charge is 0.349 e. The Morgan fingerprint density at radius 3 is 2.70 bits per heavy atom. The van der Waals surface area contributed by atoms with E-state index < -0.39 is 0 Å². The lowest BCUT2D eigenvalue weighted by atomic mass is 9.89. The van der Waals surface area contributed by atoms with Crippen LogP contribution in [0.3, 0.4) is 0 Å². The molecular weight excluding hydrogens is 304 g/mol. The topological polar surface area (TPSA) is 42.0 Å². The average molecular weight is 328 g/mol. The van der Waals surface area contributed by atoms with E-state index in [1.807, 2.05) is 6.07 Å². The highest BCUT2D eigenvalue weighted by molar-refractivity contribution is 7.11. The maximum atomic E-state index is 12.2. The lowest BCUT2D eigenvalue weighted by Gasteiger charge is -2.20. The molecule has 1 aliphatic carbocycles. The van der Waals surface area contributed by atoms with Gasteiger partial charge in [-0.2, -0.15) is 0 Å². The van der Waals surface area contributed by atoms with E-state index in [1.165, 1.54) is 29.7 Å². The van der Waals surface area contributed by atoms with E-state index in [0.717, 1.165) is 30.0 Å². The fourth-order valence-electron chi connectivity index (χ4n) is 3.18. The fraction of sp³-hybridized carbons (Fsp3) is 0.474. The van der Waals surface area contributed by atoms with Crippen LogP contribution in [0.5, 0.6) is 0 Å². The number of rotatable bonds is 5. The number of aromatic nitrogens is 1. The lowest BCUT2D eigenvalue weighted by molar-refractivity contribution is -0.126. The Morgan fingerprint density at radius 1 is 1.22 bits per heavy atom. The summed E-state index contributed by atoms with van der Waals surface area (Å²) in [5.41, 5.74) is 2.39. The molecule has 0 unspecified atom stereocenters. The van der Waals surface area contributed by atoms with Gasteiger partial charge in [-0.3, -0.25) is 4.79 Å². The first-order valence-corrected chi connectivity index (χ1v) is 9.31. The Morgan fingerprint density at radius 2 is 1.96 bits per heavy atom. The van der Waals surface area contributed by atoms with Gasteiger partial charge in [-0.25, -0.2) is 4.98 Å². The second-order valence-corrected chi connectivity index (χ2v) is 7.50. The van der Waals surface area contributed by atoms with Crippen LogP contribution >= 0.6 is 11.3 Å². The Kier molecular flexibility index (Phi) is 5.44. The molecule has 1 aromatic heterocycles. The van der Waals surface area contributed by atoms with Gasteiger partial charge in [0, 0.05) is 17.2 Å². The van der Waals surface area contributed by atoms with Crippen LogP contribution in [0.25, 0.3) is 0 Å². The number of hydrogen-bond donors (Lipinski definition) is 1. The summed E-state index contributed by atoms with van der Waals surface area (Å²) in [5.74, 6) is 0.427. The van der Waals surface area contributed by atoms with Gasteiger partial charge >= 0.3 is 0 Å². The van der Waals surface area contributed by atoms with E-state index in [0.29, 0.717) is 6.54 Å². The molecule has 0 saturated heterocycles. The van der Waals surface area contributed by atoms with Crippen LogP contribution in [-0.4, -0.2) is 10.9 Å². The molecule has 1 fully saturated rings. The first-order chi connectivity index (χ1) is 11.2. The quantitative estimate of drug-likeness (QED) is 0.892. The number of aryl methyl sites for hydroxylation is 1.